The molecule has 1 saturated heterocycles. The predicted molar refractivity (Wildman–Crippen MR) is 133 cm³/mol. The fourth-order valence-electron chi connectivity index (χ4n) is 4.67. The highest BCUT2D eigenvalue weighted by molar-refractivity contribution is 5.85. The van der Waals surface area contributed by atoms with Gasteiger partial charge in [-0.3, -0.25) is 4.98 Å². The summed E-state index contributed by atoms with van der Waals surface area (Å²) in [4.78, 5) is 15.7. The van der Waals surface area contributed by atoms with E-state index in [1.165, 1.54) is 0 Å². The number of hydrogen-bond donors (Lipinski definition) is 1. The Morgan fingerprint density at radius 3 is 2.56 bits per heavy atom. The Hall–Kier alpha value is -3.13. The highest BCUT2D eigenvalue weighted by Gasteiger charge is 2.24. The van der Waals surface area contributed by atoms with E-state index in [2.05, 4.69) is 37.3 Å². The Labute approximate surface area is 200 Å². The lowest BCUT2D eigenvalue weighted by molar-refractivity contribution is 0.122. The molecule has 0 spiro atoms. The van der Waals surface area contributed by atoms with Crippen LogP contribution < -0.4 is 19.7 Å². The topological polar surface area (TPSA) is 81.6 Å². The van der Waals surface area contributed by atoms with Gasteiger partial charge in [0.25, 0.3) is 0 Å². The SMILES string of the molecule is CC(C)Oc1cc(NC2CCC(Oc3cc(N4CCOCC4)cc4nccnc34)CC2)ccn1. The van der Waals surface area contributed by atoms with Crippen molar-refractivity contribution in [2.45, 2.75) is 57.8 Å². The summed E-state index contributed by atoms with van der Waals surface area (Å²) in [6.45, 7) is 7.26. The largest absolute Gasteiger partial charge is 0.488 e. The van der Waals surface area contributed by atoms with E-state index in [-0.39, 0.29) is 12.2 Å². The molecule has 1 N–H and O–H groups in total. The van der Waals surface area contributed by atoms with Gasteiger partial charge in [0.2, 0.25) is 5.88 Å². The lowest BCUT2D eigenvalue weighted by atomic mass is 9.92. The molecule has 3 aromatic rings. The van der Waals surface area contributed by atoms with Gasteiger partial charge in [0.15, 0.2) is 0 Å². The van der Waals surface area contributed by atoms with E-state index in [1.807, 2.05) is 26.0 Å². The number of aromatic nitrogens is 3. The molecule has 1 saturated carbocycles. The van der Waals surface area contributed by atoms with Gasteiger partial charge in [0, 0.05) is 61.2 Å². The average molecular weight is 464 g/mol. The summed E-state index contributed by atoms with van der Waals surface area (Å²) in [7, 11) is 0. The third-order valence-electron chi connectivity index (χ3n) is 6.33. The first-order valence-corrected chi connectivity index (χ1v) is 12.3. The zero-order chi connectivity index (χ0) is 23.3. The molecular weight excluding hydrogens is 430 g/mol. The van der Waals surface area contributed by atoms with Gasteiger partial charge in [0.05, 0.1) is 30.9 Å². The zero-order valence-corrected chi connectivity index (χ0v) is 19.9. The molecule has 34 heavy (non-hydrogen) atoms. The minimum Gasteiger partial charge on any atom is -0.488 e. The van der Waals surface area contributed by atoms with Gasteiger partial charge >= 0.3 is 0 Å². The van der Waals surface area contributed by atoms with Gasteiger partial charge in [-0.25, -0.2) is 9.97 Å². The van der Waals surface area contributed by atoms with Crippen molar-refractivity contribution < 1.29 is 14.2 Å². The summed E-state index contributed by atoms with van der Waals surface area (Å²) in [6.07, 6.45) is 9.60. The van der Waals surface area contributed by atoms with E-state index in [4.69, 9.17) is 14.2 Å². The van der Waals surface area contributed by atoms with Crippen molar-refractivity contribution in [3.05, 3.63) is 42.9 Å². The fourth-order valence-corrected chi connectivity index (χ4v) is 4.67. The van der Waals surface area contributed by atoms with E-state index in [0.29, 0.717) is 11.9 Å². The second-order valence-electron chi connectivity index (χ2n) is 9.25. The summed E-state index contributed by atoms with van der Waals surface area (Å²) < 4.78 is 17.8. The van der Waals surface area contributed by atoms with Crippen molar-refractivity contribution in [2.24, 2.45) is 0 Å². The number of nitrogens with zero attached hydrogens (tertiary/aromatic N) is 4. The van der Waals surface area contributed by atoms with Crippen LogP contribution >= 0.6 is 0 Å². The summed E-state index contributed by atoms with van der Waals surface area (Å²) in [5.41, 5.74) is 3.87. The van der Waals surface area contributed by atoms with Crippen LogP contribution in [0.4, 0.5) is 11.4 Å². The van der Waals surface area contributed by atoms with Gasteiger partial charge in [-0.1, -0.05) is 0 Å². The van der Waals surface area contributed by atoms with Crippen LogP contribution in [0.2, 0.25) is 0 Å². The Bertz CT molecular complexity index is 1090. The maximum atomic E-state index is 6.54. The second kappa shape index (κ2) is 10.4. The molecule has 8 nitrogen and oxygen atoms in total. The quantitative estimate of drug-likeness (QED) is 0.550. The first kappa shape index (κ1) is 22.7. The van der Waals surface area contributed by atoms with Crippen LogP contribution in [0.15, 0.2) is 42.9 Å². The molecule has 3 heterocycles. The van der Waals surface area contributed by atoms with Crippen molar-refractivity contribution in [3.8, 4) is 11.6 Å². The van der Waals surface area contributed by atoms with Gasteiger partial charge in [0.1, 0.15) is 11.3 Å². The molecule has 1 aliphatic heterocycles. The van der Waals surface area contributed by atoms with Gasteiger partial charge in [-0.15, -0.1) is 0 Å². The van der Waals surface area contributed by atoms with E-state index < -0.39 is 0 Å². The van der Waals surface area contributed by atoms with Crippen LogP contribution in [-0.2, 0) is 4.74 Å². The molecule has 1 aromatic carbocycles. The summed E-state index contributed by atoms with van der Waals surface area (Å²) in [5.74, 6) is 1.48. The van der Waals surface area contributed by atoms with Crippen molar-refractivity contribution in [3.63, 3.8) is 0 Å². The minimum absolute atomic E-state index is 0.109. The number of ether oxygens (including phenoxy) is 3. The Balaban J connectivity index is 1.23. The molecule has 0 atom stereocenters. The number of nitrogens with one attached hydrogen (secondary N) is 1. The molecular formula is C26H33N5O3. The number of benzene rings is 1. The van der Waals surface area contributed by atoms with Crippen molar-refractivity contribution >= 4 is 22.4 Å². The van der Waals surface area contributed by atoms with Gasteiger partial charge in [-0.2, -0.15) is 0 Å². The predicted octanol–water partition coefficient (Wildman–Crippen LogP) is 4.45. The monoisotopic (exact) mass is 463 g/mol. The lowest BCUT2D eigenvalue weighted by Gasteiger charge is -2.31. The molecule has 2 fully saturated rings. The summed E-state index contributed by atoms with van der Waals surface area (Å²) in [6, 6.07) is 8.61. The zero-order valence-electron chi connectivity index (χ0n) is 19.9. The molecule has 0 unspecified atom stereocenters. The minimum atomic E-state index is 0.109. The maximum Gasteiger partial charge on any atom is 0.215 e. The fraction of sp³-hybridized carbons (Fsp3) is 0.500. The molecule has 8 heteroatoms. The van der Waals surface area contributed by atoms with E-state index in [0.717, 1.165) is 80.1 Å². The number of rotatable bonds is 7. The van der Waals surface area contributed by atoms with Crippen LogP contribution in [-0.4, -0.2) is 59.5 Å². The molecule has 180 valence electrons. The molecule has 1 aliphatic carbocycles. The van der Waals surface area contributed by atoms with Gasteiger partial charge in [-0.05, 0) is 51.7 Å². The van der Waals surface area contributed by atoms with Crippen LogP contribution in [0.5, 0.6) is 11.6 Å². The van der Waals surface area contributed by atoms with E-state index in [9.17, 15) is 0 Å². The summed E-state index contributed by atoms with van der Waals surface area (Å²) in [5, 5.41) is 3.64. The molecule has 2 aliphatic rings. The Morgan fingerprint density at radius 2 is 1.76 bits per heavy atom. The highest BCUT2D eigenvalue weighted by Crippen LogP contribution is 2.33. The third-order valence-corrected chi connectivity index (χ3v) is 6.33. The van der Waals surface area contributed by atoms with Crippen LogP contribution in [0, 0.1) is 0 Å². The molecule has 2 aromatic heterocycles. The van der Waals surface area contributed by atoms with Crippen molar-refractivity contribution in [1.82, 2.24) is 15.0 Å². The molecule has 5 rings (SSSR count). The van der Waals surface area contributed by atoms with Crippen LogP contribution in [0.25, 0.3) is 11.0 Å². The first-order valence-electron chi connectivity index (χ1n) is 12.3. The first-order chi connectivity index (χ1) is 16.6. The smallest absolute Gasteiger partial charge is 0.215 e. The van der Waals surface area contributed by atoms with Gasteiger partial charge < -0.3 is 24.4 Å². The number of fused-ring (bicyclic) bond motifs is 1. The van der Waals surface area contributed by atoms with Crippen LogP contribution in [0.3, 0.4) is 0 Å². The number of pyridine rings is 1. The van der Waals surface area contributed by atoms with Crippen LogP contribution in [0.1, 0.15) is 39.5 Å². The normalized spacial score (nSPS) is 21.0. The van der Waals surface area contributed by atoms with Crippen molar-refractivity contribution in [2.75, 3.05) is 36.5 Å². The van der Waals surface area contributed by atoms with E-state index >= 15 is 0 Å². The molecule has 0 radical (unpaired) electrons. The molecule has 0 amide bonds. The highest BCUT2D eigenvalue weighted by atomic mass is 16.5. The molecule has 0 bridgehead atoms. The standard InChI is InChI=1S/C26H33N5O3/c1-18(2)33-25-15-20(7-8-28-25)30-19-3-5-22(6-4-19)34-24-17-21(31-11-13-32-14-12-31)16-23-26(24)29-10-9-27-23/h7-10,15-19,22H,3-6,11-14H2,1-2H3,(H,28,30). The number of anilines is 2. The summed E-state index contributed by atoms with van der Waals surface area (Å²) >= 11 is 0. The maximum absolute atomic E-state index is 6.54. The Kier molecular flexibility index (Phi) is 6.94. The van der Waals surface area contributed by atoms with Crippen molar-refractivity contribution in [1.29, 1.82) is 0 Å². The average Bonchev–Trinajstić information content (AvgIpc) is 2.85. The third kappa shape index (κ3) is 5.50. The second-order valence-corrected chi connectivity index (χ2v) is 9.25. The number of hydrogen-bond acceptors (Lipinski definition) is 8. The van der Waals surface area contributed by atoms with E-state index in [1.54, 1.807) is 18.6 Å². The number of morpholine rings is 1. The Morgan fingerprint density at radius 1 is 0.971 bits per heavy atom. The lowest BCUT2D eigenvalue weighted by Crippen LogP contribution is -2.36.